The number of nitrogens with one attached hydrogen (secondary N) is 1. The summed E-state index contributed by atoms with van der Waals surface area (Å²) in [4.78, 5) is 0.586. The highest BCUT2D eigenvalue weighted by Gasteiger charge is 2.19. The van der Waals surface area contributed by atoms with Crippen LogP contribution in [0.4, 0.5) is 5.69 Å². The lowest BCUT2D eigenvalue weighted by Gasteiger charge is -2.09. The Morgan fingerprint density at radius 1 is 1.20 bits per heavy atom. The van der Waals surface area contributed by atoms with Crippen LogP contribution in [0.15, 0.2) is 40.6 Å². The van der Waals surface area contributed by atoms with Crippen LogP contribution in [0.2, 0.25) is 0 Å². The Balaban J connectivity index is 2.20. The fraction of sp³-hybridized carbons (Fsp3) is 0.286. The van der Waals surface area contributed by atoms with E-state index in [0.717, 1.165) is 12.8 Å². The first kappa shape index (κ1) is 15.0. The largest absolute Gasteiger partial charge is 0.391 e. The molecule has 0 amide bonds. The van der Waals surface area contributed by atoms with Gasteiger partial charge < -0.3 is 5.11 Å². The molecule has 108 valence electrons. The molecule has 1 aromatic heterocycles. The monoisotopic (exact) mass is 311 g/mol. The summed E-state index contributed by atoms with van der Waals surface area (Å²) in [6.45, 7) is 1.83. The highest BCUT2D eigenvalue weighted by Crippen LogP contribution is 2.24. The molecule has 0 saturated carbocycles. The van der Waals surface area contributed by atoms with Crippen LogP contribution < -0.4 is 4.72 Å². The predicted octanol–water partition coefficient (Wildman–Crippen LogP) is 2.99. The van der Waals surface area contributed by atoms with Gasteiger partial charge in [0, 0.05) is 5.69 Å². The van der Waals surface area contributed by atoms with E-state index in [1.165, 1.54) is 23.0 Å². The van der Waals surface area contributed by atoms with E-state index in [9.17, 15) is 8.42 Å². The molecule has 0 spiro atoms. The van der Waals surface area contributed by atoms with Crippen molar-refractivity contribution in [2.24, 2.45) is 0 Å². The van der Waals surface area contributed by atoms with Crippen molar-refractivity contribution >= 4 is 27.0 Å². The van der Waals surface area contributed by atoms with Crippen molar-refractivity contribution < 1.29 is 13.5 Å². The predicted molar refractivity (Wildman–Crippen MR) is 81.5 cm³/mol. The maximum atomic E-state index is 12.2. The van der Waals surface area contributed by atoms with Gasteiger partial charge in [-0.3, -0.25) is 4.72 Å². The lowest BCUT2D eigenvalue weighted by Crippen LogP contribution is -2.13. The number of anilines is 1. The van der Waals surface area contributed by atoms with Crippen molar-refractivity contribution in [2.75, 3.05) is 4.72 Å². The van der Waals surface area contributed by atoms with E-state index >= 15 is 0 Å². The highest BCUT2D eigenvalue weighted by atomic mass is 32.2. The number of benzene rings is 1. The summed E-state index contributed by atoms with van der Waals surface area (Å²) in [7, 11) is -3.64. The van der Waals surface area contributed by atoms with Gasteiger partial charge in [0.25, 0.3) is 10.0 Å². The van der Waals surface area contributed by atoms with Crippen LogP contribution in [0.25, 0.3) is 0 Å². The average molecular weight is 311 g/mol. The molecule has 2 aromatic rings. The van der Waals surface area contributed by atoms with Crippen LogP contribution in [0, 0.1) is 0 Å². The van der Waals surface area contributed by atoms with Crippen LogP contribution in [0.1, 0.15) is 23.8 Å². The molecule has 6 heteroatoms. The molecule has 0 atom stereocenters. The van der Waals surface area contributed by atoms with Gasteiger partial charge in [0.1, 0.15) is 4.90 Å². The van der Waals surface area contributed by atoms with E-state index < -0.39 is 10.0 Å². The molecule has 0 unspecified atom stereocenters. The summed E-state index contributed by atoms with van der Waals surface area (Å²) < 4.78 is 27.0. The third kappa shape index (κ3) is 3.39. The van der Waals surface area contributed by atoms with Crippen LogP contribution >= 0.6 is 11.3 Å². The van der Waals surface area contributed by atoms with Crippen molar-refractivity contribution in [3.05, 3.63) is 46.2 Å². The average Bonchev–Trinajstić information content (AvgIpc) is 2.90. The minimum absolute atomic E-state index is 0.141. The zero-order valence-corrected chi connectivity index (χ0v) is 12.8. The Labute approximate surface area is 123 Å². The summed E-state index contributed by atoms with van der Waals surface area (Å²) in [5.74, 6) is 0. The molecule has 2 N–H and O–H groups in total. The van der Waals surface area contributed by atoms with E-state index in [1.807, 2.05) is 12.1 Å². The molecule has 1 heterocycles. The SMILES string of the molecule is CCCc1ccc(NS(=O)(=O)c2ccsc2CO)cc1. The van der Waals surface area contributed by atoms with Gasteiger partial charge in [-0.1, -0.05) is 25.5 Å². The normalized spacial score (nSPS) is 11.5. The fourth-order valence-corrected chi connectivity index (χ4v) is 4.28. The van der Waals surface area contributed by atoms with Gasteiger partial charge in [0.2, 0.25) is 0 Å². The van der Waals surface area contributed by atoms with Gasteiger partial charge in [-0.15, -0.1) is 11.3 Å². The topological polar surface area (TPSA) is 66.4 Å². The molecule has 0 bridgehead atoms. The zero-order chi connectivity index (χ0) is 14.6. The molecular weight excluding hydrogens is 294 g/mol. The van der Waals surface area contributed by atoms with E-state index in [0.29, 0.717) is 10.6 Å². The lowest BCUT2D eigenvalue weighted by molar-refractivity contribution is 0.282. The van der Waals surface area contributed by atoms with E-state index in [1.54, 1.807) is 17.5 Å². The molecular formula is C14H17NO3S2. The fourth-order valence-electron chi connectivity index (χ4n) is 1.92. The van der Waals surface area contributed by atoms with Crippen molar-refractivity contribution in [3.8, 4) is 0 Å². The summed E-state index contributed by atoms with van der Waals surface area (Å²) in [6.07, 6.45) is 2.03. The van der Waals surface area contributed by atoms with Crippen LogP contribution in [0.5, 0.6) is 0 Å². The summed E-state index contributed by atoms with van der Waals surface area (Å²) in [5, 5.41) is 10.8. The first-order chi connectivity index (χ1) is 9.56. The number of thiophene rings is 1. The van der Waals surface area contributed by atoms with E-state index in [2.05, 4.69) is 11.6 Å². The molecule has 0 fully saturated rings. The number of hydrogen-bond acceptors (Lipinski definition) is 4. The summed E-state index contributed by atoms with van der Waals surface area (Å²) >= 11 is 1.23. The first-order valence-corrected chi connectivity index (χ1v) is 8.72. The standard InChI is InChI=1S/C14H17NO3S2/c1-2-3-11-4-6-12(7-5-11)15-20(17,18)14-8-9-19-13(14)10-16/h4-9,15-16H,2-3,10H2,1H3. The molecule has 2 rings (SSSR count). The van der Waals surface area contributed by atoms with Crippen LogP contribution in [-0.2, 0) is 23.1 Å². The Morgan fingerprint density at radius 3 is 2.50 bits per heavy atom. The number of aliphatic hydroxyl groups is 1. The zero-order valence-electron chi connectivity index (χ0n) is 11.2. The minimum atomic E-state index is -3.64. The van der Waals surface area contributed by atoms with Gasteiger partial charge in [-0.05, 0) is 35.6 Å². The van der Waals surface area contributed by atoms with Crippen LogP contribution in [-0.4, -0.2) is 13.5 Å². The summed E-state index contributed by atoms with van der Waals surface area (Å²) in [6, 6.07) is 8.86. The number of aryl methyl sites for hydroxylation is 1. The molecule has 1 aromatic carbocycles. The number of hydrogen-bond donors (Lipinski definition) is 2. The second-order valence-electron chi connectivity index (χ2n) is 4.42. The lowest BCUT2D eigenvalue weighted by atomic mass is 10.1. The van der Waals surface area contributed by atoms with Crippen LogP contribution in [0.3, 0.4) is 0 Å². The minimum Gasteiger partial charge on any atom is -0.391 e. The molecule has 4 nitrogen and oxygen atoms in total. The molecule has 0 radical (unpaired) electrons. The van der Waals surface area contributed by atoms with E-state index in [4.69, 9.17) is 5.11 Å². The molecule has 20 heavy (non-hydrogen) atoms. The quantitative estimate of drug-likeness (QED) is 0.862. The third-order valence-electron chi connectivity index (χ3n) is 2.88. The van der Waals surface area contributed by atoms with Crippen molar-refractivity contribution in [1.29, 1.82) is 0 Å². The number of sulfonamides is 1. The number of aliphatic hydroxyl groups excluding tert-OH is 1. The molecule has 0 saturated heterocycles. The van der Waals surface area contributed by atoms with Gasteiger partial charge in [-0.2, -0.15) is 0 Å². The highest BCUT2D eigenvalue weighted by molar-refractivity contribution is 7.93. The van der Waals surface area contributed by atoms with Crippen molar-refractivity contribution in [1.82, 2.24) is 0 Å². The smallest absolute Gasteiger partial charge is 0.263 e. The second-order valence-corrected chi connectivity index (χ2v) is 7.07. The molecule has 0 aliphatic heterocycles. The Bertz CT molecular complexity index is 660. The third-order valence-corrected chi connectivity index (χ3v) is 5.38. The van der Waals surface area contributed by atoms with E-state index in [-0.39, 0.29) is 11.5 Å². The van der Waals surface area contributed by atoms with Gasteiger partial charge in [0.05, 0.1) is 11.5 Å². The Hall–Kier alpha value is -1.37. The Morgan fingerprint density at radius 2 is 1.90 bits per heavy atom. The van der Waals surface area contributed by atoms with Crippen molar-refractivity contribution in [3.63, 3.8) is 0 Å². The first-order valence-electron chi connectivity index (χ1n) is 6.36. The summed E-state index contributed by atoms with van der Waals surface area (Å²) in [5.41, 5.74) is 1.71. The van der Waals surface area contributed by atoms with Gasteiger partial charge >= 0.3 is 0 Å². The maximum absolute atomic E-state index is 12.2. The number of rotatable bonds is 6. The van der Waals surface area contributed by atoms with Gasteiger partial charge in [0.15, 0.2) is 0 Å². The maximum Gasteiger partial charge on any atom is 0.263 e. The Kier molecular flexibility index (Phi) is 4.80. The van der Waals surface area contributed by atoms with Gasteiger partial charge in [-0.25, -0.2) is 8.42 Å². The molecule has 0 aliphatic rings. The second kappa shape index (κ2) is 6.39. The molecule has 0 aliphatic carbocycles. The van der Waals surface area contributed by atoms with Crippen molar-refractivity contribution in [2.45, 2.75) is 31.3 Å².